The summed E-state index contributed by atoms with van der Waals surface area (Å²) < 4.78 is 19.4. The first-order chi connectivity index (χ1) is 18.4. The van der Waals surface area contributed by atoms with Gasteiger partial charge in [-0.1, -0.05) is 60.7 Å². The Hall–Kier alpha value is -3.94. The van der Waals surface area contributed by atoms with Crippen LogP contribution < -0.4 is 10.2 Å². The normalized spacial score (nSPS) is 22.6. The van der Waals surface area contributed by atoms with Crippen molar-refractivity contribution in [2.45, 2.75) is 17.8 Å². The second kappa shape index (κ2) is 10.4. The molecular formula is C30H26ClFN2O4. The van der Waals surface area contributed by atoms with Crippen LogP contribution in [0, 0.1) is 11.7 Å². The molecule has 0 aromatic heterocycles. The summed E-state index contributed by atoms with van der Waals surface area (Å²) in [6.07, 6.45) is 3.95. The molecule has 1 heterocycles. The van der Waals surface area contributed by atoms with Gasteiger partial charge in [-0.3, -0.25) is 15.0 Å². The van der Waals surface area contributed by atoms with Gasteiger partial charge in [0.25, 0.3) is 11.8 Å². The fourth-order valence-corrected chi connectivity index (χ4v) is 5.77. The zero-order valence-corrected chi connectivity index (χ0v) is 21.2. The first-order valence-corrected chi connectivity index (χ1v) is 12.6. The van der Waals surface area contributed by atoms with Gasteiger partial charge >= 0.3 is 0 Å². The zero-order chi connectivity index (χ0) is 26.9. The van der Waals surface area contributed by atoms with Crippen LogP contribution in [0.4, 0.5) is 10.1 Å². The molecule has 3 aromatic rings. The number of para-hydroxylation sites is 1. The third kappa shape index (κ3) is 4.18. The highest BCUT2D eigenvalue weighted by Crippen LogP contribution is 2.58. The first kappa shape index (κ1) is 25.7. The molecule has 0 bridgehead atoms. The molecule has 2 aliphatic rings. The molecule has 3 aromatic carbocycles. The minimum Gasteiger partial charge on any atom is -0.491 e. The lowest BCUT2D eigenvalue weighted by Gasteiger charge is -2.43. The number of aliphatic hydroxyl groups excluding tert-OH is 1. The van der Waals surface area contributed by atoms with Crippen molar-refractivity contribution in [1.82, 2.24) is 5.01 Å². The number of halogens is 2. The highest BCUT2D eigenvalue weighted by atomic mass is 35.5. The molecule has 3 atom stereocenters. The summed E-state index contributed by atoms with van der Waals surface area (Å²) in [5.74, 6) is -2.16. The average Bonchev–Trinajstić information content (AvgIpc) is 3.15. The van der Waals surface area contributed by atoms with Crippen LogP contribution in [0.25, 0.3) is 0 Å². The number of amides is 2. The summed E-state index contributed by atoms with van der Waals surface area (Å²) in [5.41, 5.74) is 4.06. The lowest BCUT2D eigenvalue weighted by molar-refractivity contribution is -0.138. The van der Waals surface area contributed by atoms with Gasteiger partial charge in [-0.25, -0.2) is 4.39 Å². The number of hydrogen-bond acceptors (Lipinski definition) is 5. The van der Waals surface area contributed by atoms with Crippen LogP contribution in [0.1, 0.15) is 23.5 Å². The fraction of sp³-hybridized carbons (Fsp3) is 0.200. The number of carbonyl (C=O) groups excluding carboxylic acids is 2. The Labute approximate surface area is 225 Å². The number of anilines is 1. The van der Waals surface area contributed by atoms with Crippen LogP contribution in [0.2, 0.25) is 5.02 Å². The molecule has 6 nitrogen and oxygen atoms in total. The smallest absolute Gasteiger partial charge is 0.260 e. The van der Waals surface area contributed by atoms with E-state index >= 15 is 0 Å². The Bertz CT molecular complexity index is 1410. The quantitative estimate of drug-likeness (QED) is 0.380. The number of hydrazine groups is 1. The van der Waals surface area contributed by atoms with Crippen LogP contribution in [0.5, 0.6) is 5.75 Å². The number of nitrogens with one attached hydrogen (secondary N) is 1. The van der Waals surface area contributed by atoms with E-state index in [4.69, 9.17) is 16.3 Å². The van der Waals surface area contributed by atoms with E-state index in [9.17, 15) is 19.1 Å². The van der Waals surface area contributed by atoms with Gasteiger partial charge in [-0.2, -0.15) is 5.01 Å². The highest BCUT2D eigenvalue weighted by molar-refractivity contribution is 6.30. The van der Waals surface area contributed by atoms with Gasteiger partial charge in [-0.15, -0.1) is 0 Å². The summed E-state index contributed by atoms with van der Waals surface area (Å²) in [6, 6.07) is 19.7. The van der Waals surface area contributed by atoms with E-state index < -0.39 is 34.9 Å². The number of rotatable bonds is 8. The fourth-order valence-electron chi connectivity index (χ4n) is 5.64. The number of aliphatic hydroxyl groups is 1. The predicted molar refractivity (Wildman–Crippen MR) is 143 cm³/mol. The van der Waals surface area contributed by atoms with Crippen molar-refractivity contribution >= 4 is 29.1 Å². The Kier molecular flexibility index (Phi) is 7.06. The molecule has 2 amide bonds. The Balaban J connectivity index is 1.73. The minimum atomic E-state index is -1.36. The number of benzene rings is 3. The zero-order valence-electron chi connectivity index (χ0n) is 20.4. The Morgan fingerprint density at radius 3 is 2.50 bits per heavy atom. The van der Waals surface area contributed by atoms with Crippen molar-refractivity contribution in [3.63, 3.8) is 0 Å². The molecule has 0 saturated carbocycles. The van der Waals surface area contributed by atoms with Gasteiger partial charge in [0.15, 0.2) is 0 Å². The molecule has 1 fully saturated rings. The lowest BCUT2D eigenvalue weighted by atomic mass is 9.56. The summed E-state index contributed by atoms with van der Waals surface area (Å²) in [4.78, 5) is 28.5. The number of allylic oxidation sites excluding steroid dienone is 3. The molecule has 0 radical (unpaired) electrons. The van der Waals surface area contributed by atoms with Crippen LogP contribution >= 0.6 is 11.6 Å². The lowest BCUT2D eigenvalue weighted by Crippen LogP contribution is -2.48. The summed E-state index contributed by atoms with van der Waals surface area (Å²) in [5, 5.41) is 10.9. The molecule has 5 rings (SSSR count). The maximum atomic E-state index is 14.6. The minimum absolute atomic E-state index is 0.0688. The maximum absolute atomic E-state index is 14.6. The molecule has 1 saturated heterocycles. The van der Waals surface area contributed by atoms with Crippen LogP contribution in [-0.2, 0) is 15.0 Å². The molecular weight excluding hydrogens is 507 g/mol. The predicted octanol–water partition coefficient (Wildman–Crippen LogP) is 5.40. The largest absolute Gasteiger partial charge is 0.491 e. The molecule has 1 aliphatic heterocycles. The first-order valence-electron chi connectivity index (χ1n) is 12.2. The molecule has 8 heteroatoms. The van der Waals surface area contributed by atoms with Crippen molar-refractivity contribution in [2.24, 2.45) is 5.92 Å². The Morgan fingerprint density at radius 2 is 1.82 bits per heavy atom. The van der Waals surface area contributed by atoms with Gasteiger partial charge in [0.2, 0.25) is 0 Å². The second-order valence-electron chi connectivity index (χ2n) is 9.21. The van der Waals surface area contributed by atoms with E-state index in [1.54, 1.807) is 36.4 Å². The average molecular weight is 533 g/mol. The molecule has 194 valence electrons. The van der Waals surface area contributed by atoms with E-state index in [1.165, 1.54) is 24.3 Å². The van der Waals surface area contributed by atoms with E-state index in [2.05, 4.69) is 12.0 Å². The molecule has 2 N–H and O–H groups in total. The van der Waals surface area contributed by atoms with Crippen molar-refractivity contribution in [3.05, 3.63) is 119 Å². The van der Waals surface area contributed by atoms with Gasteiger partial charge in [-0.05, 0) is 60.0 Å². The second-order valence-corrected chi connectivity index (χ2v) is 9.65. The number of imide groups is 1. The van der Waals surface area contributed by atoms with Crippen molar-refractivity contribution in [1.29, 1.82) is 0 Å². The van der Waals surface area contributed by atoms with Crippen LogP contribution in [0.3, 0.4) is 0 Å². The highest BCUT2D eigenvalue weighted by Gasteiger charge is 2.66. The van der Waals surface area contributed by atoms with E-state index in [0.717, 1.165) is 10.6 Å². The van der Waals surface area contributed by atoms with Crippen molar-refractivity contribution in [2.75, 3.05) is 18.6 Å². The number of ether oxygens (including phenoxy) is 1. The Morgan fingerprint density at radius 1 is 1.11 bits per heavy atom. The monoisotopic (exact) mass is 532 g/mol. The van der Waals surface area contributed by atoms with Gasteiger partial charge in [0.05, 0.1) is 23.6 Å². The topological polar surface area (TPSA) is 78.9 Å². The van der Waals surface area contributed by atoms with Gasteiger partial charge in [0, 0.05) is 16.5 Å². The third-order valence-corrected chi connectivity index (χ3v) is 7.48. The summed E-state index contributed by atoms with van der Waals surface area (Å²) >= 11 is 6.22. The SMILES string of the molecule is C=CC1=CC[C@H]2C(=O)N(Nc3ccc(F)cc3)C(=O)[C@@]2(c2ccc(Cl)cc2)[C@H]1c1ccccc1OCCO. The molecule has 0 unspecified atom stereocenters. The molecule has 1 aliphatic carbocycles. The third-order valence-electron chi connectivity index (χ3n) is 7.22. The van der Waals surface area contributed by atoms with Crippen LogP contribution in [0.15, 0.2) is 97.1 Å². The molecule has 0 spiro atoms. The maximum Gasteiger partial charge on any atom is 0.260 e. The standard InChI is InChI=1S/C30H26ClFN2O4/c1-2-19-7-16-25-28(36)34(33-23-14-12-22(32)13-15-23)29(37)30(25,20-8-10-21(31)11-9-20)27(19)24-5-3-4-6-26(24)38-18-17-35/h2-15,25,27,33,35H,1,16-18H2/t25-,27+,30+/m0/s1. The summed E-state index contributed by atoms with van der Waals surface area (Å²) in [6.45, 7) is 3.90. The van der Waals surface area contributed by atoms with Crippen molar-refractivity contribution in [3.8, 4) is 5.75 Å². The number of nitrogens with zero attached hydrogens (tertiary/aromatic N) is 1. The summed E-state index contributed by atoms with van der Waals surface area (Å²) in [7, 11) is 0. The van der Waals surface area contributed by atoms with Gasteiger partial charge in [0.1, 0.15) is 18.2 Å². The number of fused-ring (bicyclic) bond motifs is 1. The van der Waals surface area contributed by atoms with Gasteiger partial charge < -0.3 is 9.84 Å². The number of carbonyl (C=O) groups is 2. The molecule has 38 heavy (non-hydrogen) atoms. The van der Waals surface area contributed by atoms with Crippen LogP contribution in [-0.4, -0.2) is 35.1 Å². The van der Waals surface area contributed by atoms with E-state index in [1.807, 2.05) is 24.3 Å². The van der Waals surface area contributed by atoms with Crippen molar-refractivity contribution < 1.29 is 23.8 Å². The van der Waals surface area contributed by atoms with E-state index in [-0.39, 0.29) is 13.2 Å². The van der Waals surface area contributed by atoms with E-state index in [0.29, 0.717) is 34.0 Å². The number of hydrogen-bond donors (Lipinski definition) is 2.